The van der Waals surface area contributed by atoms with E-state index in [4.69, 9.17) is 10.5 Å². The minimum absolute atomic E-state index is 0.0913. The Hall–Kier alpha value is -1.85. The second-order valence-electron chi connectivity index (χ2n) is 3.21. The summed E-state index contributed by atoms with van der Waals surface area (Å²) in [6.45, 7) is 3.82. The van der Waals surface area contributed by atoms with Crippen LogP contribution >= 0.6 is 0 Å². The number of hydrogen-bond donors (Lipinski definition) is 2. The Morgan fingerprint density at radius 3 is 2.69 bits per heavy atom. The lowest BCUT2D eigenvalue weighted by atomic mass is 10.2. The van der Waals surface area contributed by atoms with Crippen molar-refractivity contribution in [1.82, 2.24) is 9.97 Å². The standard InChI is InChI=1S/C10H15N3O3/c1-3-7-12-9(11)6(10(15)13-7)5-8(14)16-4-2/h3-5H2,1-2H3,(H3,11,12,13,15). The van der Waals surface area contributed by atoms with Crippen LogP contribution in [-0.2, 0) is 22.4 Å². The number of aromatic amines is 1. The van der Waals surface area contributed by atoms with E-state index in [1.165, 1.54) is 0 Å². The number of carbonyl (C=O) groups excluding carboxylic acids is 1. The van der Waals surface area contributed by atoms with Crippen molar-refractivity contribution < 1.29 is 9.53 Å². The number of H-pyrrole nitrogens is 1. The van der Waals surface area contributed by atoms with Gasteiger partial charge in [0.05, 0.1) is 18.6 Å². The van der Waals surface area contributed by atoms with E-state index in [0.29, 0.717) is 12.2 Å². The Morgan fingerprint density at radius 1 is 1.50 bits per heavy atom. The molecule has 1 rings (SSSR count). The van der Waals surface area contributed by atoms with Gasteiger partial charge in [0.25, 0.3) is 5.56 Å². The predicted octanol–water partition coefficient (Wildman–Crippen LogP) is 0.0201. The number of aromatic nitrogens is 2. The number of ether oxygens (including phenoxy) is 1. The number of esters is 1. The molecule has 0 aromatic carbocycles. The van der Waals surface area contributed by atoms with Gasteiger partial charge in [-0.15, -0.1) is 0 Å². The van der Waals surface area contributed by atoms with Gasteiger partial charge in [0.2, 0.25) is 0 Å². The Labute approximate surface area is 92.8 Å². The summed E-state index contributed by atoms with van der Waals surface area (Å²) in [5.41, 5.74) is 5.39. The number of rotatable bonds is 4. The molecule has 0 fully saturated rings. The molecule has 0 bridgehead atoms. The molecule has 0 aliphatic carbocycles. The van der Waals surface area contributed by atoms with Crippen LogP contribution in [0.15, 0.2) is 4.79 Å². The number of aryl methyl sites for hydroxylation is 1. The highest BCUT2D eigenvalue weighted by atomic mass is 16.5. The van der Waals surface area contributed by atoms with Crippen molar-refractivity contribution in [1.29, 1.82) is 0 Å². The highest BCUT2D eigenvalue weighted by molar-refractivity contribution is 5.74. The zero-order valence-corrected chi connectivity index (χ0v) is 9.37. The summed E-state index contributed by atoms with van der Waals surface area (Å²) in [5.74, 6) is 0.120. The summed E-state index contributed by atoms with van der Waals surface area (Å²) >= 11 is 0. The Bertz CT molecular complexity index is 439. The normalized spacial score (nSPS) is 10.1. The lowest BCUT2D eigenvalue weighted by Gasteiger charge is -2.05. The zero-order valence-electron chi connectivity index (χ0n) is 9.37. The fourth-order valence-electron chi connectivity index (χ4n) is 1.26. The lowest BCUT2D eigenvalue weighted by molar-refractivity contribution is -0.142. The molecule has 0 aliphatic heterocycles. The van der Waals surface area contributed by atoms with Crippen molar-refractivity contribution in [2.45, 2.75) is 26.7 Å². The molecule has 0 unspecified atom stereocenters. The molecule has 0 aliphatic rings. The van der Waals surface area contributed by atoms with Gasteiger partial charge in [0, 0.05) is 6.42 Å². The number of hydrogen-bond acceptors (Lipinski definition) is 5. The molecule has 6 heteroatoms. The average Bonchev–Trinajstić information content (AvgIpc) is 2.23. The number of carbonyl (C=O) groups is 1. The molecular formula is C10H15N3O3. The quantitative estimate of drug-likeness (QED) is 0.704. The van der Waals surface area contributed by atoms with E-state index < -0.39 is 5.97 Å². The zero-order chi connectivity index (χ0) is 12.1. The minimum atomic E-state index is -0.481. The third kappa shape index (κ3) is 2.82. The first kappa shape index (κ1) is 12.2. The maximum absolute atomic E-state index is 11.6. The molecule has 1 aromatic heterocycles. The molecule has 6 nitrogen and oxygen atoms in total. The summed E-state index contributed by atoms with van der Waals surface area (Å²) in [4.78, 5) is 29.3. The van der Waals surface area contributed by atoms with E-state index in [-0.39, 0.29) is 30.0 Å². The van der Waals surface area contributed by atoms with Gasteiger partial charge in [-0.05, 0) is 6.92 Å². The maximum atomic E-state index is 11.6. The molecule has 0 amide bonds. The van der Waals surface area contributed by atoms with Crippen molar-refractivity contribution in [3.8, 4) is 0 Å². The molecule has 3 N–H and O–H groups in total. The van der Waals surface area contributed by atoms with Gasteiger partial charge >= 0.3 is 5.97 Å². The second kappa shape index (κ2) is 5.29. The van der Waals surface area contributed by atoms with Crippen LogP contribution in [0.3, 0.4) is 0 Å². The second-order valence-corrected chi connectivity index (χ2v) is 3.21. The first-order valence-electron chi connectivity index (χ1n) is 5.11. The number of nitrogens with zero attached hydrogens (tertiary/aromatic N) is 1. The van der Waals surface area contributed by atoms with Crippen molar-refractivity contribution in [3.63, 3.8) is 0 Å². The molecule has 1 heterocycles. The molecule has 1 aromatic rings. The highest BCUT2D eigenvalue weighted by Gasteiger charge is 2.13. The minimum Gasteiger partial charge on any atom is -0.466 e. The molecule has 0 saturated heterocycles. The van der Waals surface area contributed by atoms with E-state index in [1.54, 1.807) is 6.92 Å². The van der Waals surface area contributed by atoms with Crippen LogP contribution in [0.2, 0.25) is 0 Å². The first-order valence-corrected chi connectivity index (χ1v) is 5.11. The van der Waals surface area contributed by atoms with E-state index in [9.17, 15) is 9.59 Å². The molecule has 0 radical (unpaired) electrons. The van der Waals surface area contributed by atoms with Gasteiger partial charge in [-0.2, -0.15) is 0 Å². The van der Waals surface area contributed by atoms with E-state index in [0.717, 1.165) is 0 Å². The van der Waals surface area contributed by atoms with Crippen molar-refractivity contribution in [2.75, 3.05) is 12.3 Å². The van der Waals surface area contributed by atoms with Gasteiger partial charge in [-0.3, -0.25) is 9.59 Å². The Kier molecular flexibility index (Phi) is 4.04. The Balaban J connectivity index is 2.97. The number of nitrogens with two attached hydrogens (primary N) is 1. The fourth-order valence-corrected chi connectivity index (χ4v) is 1.26. The van der Waals surface area contributed by atoms with Crippen LogP contribution < -0.4 is 11.3 Å². The van der Waals surface area contributed by atoms with E-state index in [1.807, 2.05) is 6.92 Å². The summed E-state index contributed by atoms with van der Waals surface area (Å²) in [7, 11) is 0. The first-order chi connectivity index (χ1) is 7.58. The smallest absolute Gasteiger partial charge is 0.310 e. The van der Waals surface area contributed by atoms with Gasteiger partial charge in [0.15, 0.2) is 0 Å². The van der Waals surface area contributed by atoms with Gasteiger partial charge in [0.1, 0.15) is 11.6 Å². The number of anilines is 1. The third-order valence-electron chi connectivity index (χ3n) is 2.06. The Morgan fingerprint density at radius 2 is 2.19 bits per heavy atom. The summed E-state index contributed by atoms with van der Waals surface area (Å²) < 4.78 is 4.74. The molecule has 0 spiro atoms. The summed E-state index contributed by atoms with van der Waals surface area (Å²) in [6, 6.07) is 0. The molecule has 0 atom stereocenters. The van der Waals surface area contributed by atoms with Crippen molar-refractivity contribution >= 4 is 11.8 Å². The molecule has 16 heavy (non-hydrogen) atoms. The summed E-state index contributed by atoms with van der Waals surface area (Å²) in [6.07, 6.45) is 0.436. The third-order valence-corrected chi connectivity index (χ3v) is 2.06. The van der Waals surface area contributed by atoms with Crippen LogP contribution in [0, 0.1) is 0 Å². The summed E-state index contributed by atoms with van der Waals surface area (Å²) in [5, 5.41) is 0. The van der Waals surface area contributed by atoms with Gasteiger partial charge in [-0.25, -0.2) is 4.98 Å². The fraction of sp³-hybridized carbons (Fsp3) is 0.500. The number of nitrogens with one attached hydrogen (secondary N) is 1. The molecular weight excluding hydrogens is 210 g/mol. The lowest BCUT2D eigenvalue weighted by Crippen LogP contribution is -2.23. The van der Waals surface area contributed by atoms with Crippen molar-refractivity contribution in [3.05, 3.63) is 21.7 Å². The van der Waals surface area contributed by atoms with Crippen molar-refractivity contribution in [2.24, 2.45) is 0 Å². The van der Waals surface area contributed by atoms with E-state index in [2.05, 4.69) is 9.97 Å². The molecule has 88 valence electrons. The van der Waals surface area contributed by atoms with Crippen LogP contribution in [0.25, 0.3) is 0 Å². The average molecular weight is 225 g/mol. The van der Waals surface area contributed by atoms with Crippen LogP contribution in [0.5, 0.6) is 0 Å². The highest BCUT2D eigenvalue weighted by Crippen LogP contribution is 2.04. The van der Waals surface area contributed by atoms with Gasteiger partial charge < -0.3 is 15.5 Å². The van der Waals surface area contributed by atoms with Crippen LogP contribution in [0.4, 0.5) is 5.82 Å². The maximum Gasteiger partial charge on any atom is 0.310 e. The van der Waals surface area contributed by atoms with E-state index >= 15 is 0 Å². The number of nitrogen functional groups attached to an aromatic ring is 1. The SMILES string of the molecule is CCOC(=O)Cc1c(N)nc(CC)[nH]c1=O. The predicted molar refractivity (Wildman–Crippen MR) is 59.0 cm³/mol. The van der Waals surface area contributed by atoms with Crippen LogP contribution in [-0.4, -0.2) is 22.5 Å². The monoisotopic (exact) mass is 225 g/mol. The molecule has 0 saturated carbocycles. The van der Waals surface area contributed by atoms with Crippen LogP contribution in [0.1, 0.15) is 25.2 Å². The largest absolute Gasteiger partial charge is 0.466 e. The topological polar surface area (TPSA) is 98.1 Å². The van der Waals surface area contributed by atoms with Gasteiger partial charge in [-0.1, -0.05) is 6.92 Å².